The molecule has 9 aromatic rings. The normalized spacial score (nSPS) is 11.1. The number of hydrogen-bond acceptors (Lipinski definition) is 1. The predicted molar refractivity (Wildman–Crippen MR) is 191 cm³/mol. The van der Waals surface area contributed by atoms with Crippen molar-refractivity contribution in [2.24, 2.45) is 0 Å². The SMILES string of the molecule is c1ccc(N(c2ccccc2)c2ccccc2-n2c3ccccc3c3ccccc32)cc1.c1ccc2c(c1)[nH]c1ccccc12. The molecule has 9 rings (SSSR count). The van der Waals surface area contributed by atoms with Crippen LogP contribution in [0.25, 0.3) is 49.3 Å². The van der Waals surface area contributed by atoms with Crippen LogP contribution < -0.4 is 4.90 Å². The fourth-order valence-electron chi connectivity index (χ4n) is 6.40. The molecule has 0 aliphatic rings. The van der Waals surface area contributed by atoms with Gasteiger partial charge in [-0.2, -0.15) is 0 Å². The molecule has 0 amide bonds. The quantitative estimate of drug-likeness (QED) is 0.221. The molecule has 0 aliphatic carbocycles. The Morgan fingerprint density at radius 3 is 1.29 bits per heavy atom. The van der Waals surface area contributed by atoms with Crippen LogP contribution in [-0.4, -0.2) is 9.55 Å². The summed E-state index contributed by atoms with van der Waals surface area (Å²) in [7, 11) is 0. The second-order valence-electron chi connectivity index (χ2n) is 11.1. The Bertz CT molecular complexity index is 2240. The molecule has 0 radical (unpaired) electrons. The number of aromatic amines is 1. The van der Waals surface area contributed by atoms with E-state index in [1.54, 1.807) is 0 Å². The molecule has 0 atom stereocenters. The summed E-state index contributed by atoms with van der Waals surface area (Å²) < 4.78 is 2.39. The van der Waals surface area contributed by atoms with Crippen molar-refractivity contribution in [3.8, 4) is 5.69 Å². The Hall–Kier alpha value is -6.06. The van der Waals surface area contributed by atoms with Gasteiger partial charge in [-0.1, -0.05) is 121 Å². The standard InChI is InChI=1S/C30H22N2.C12H9N/c1-3-13-23(14-4-1)31(24-15-5-2-6-16-24)29-21-11-12-22-30(29)32-27-19-9-7-17-25(27)26-18-8-10-20-28(26)32;1-3-7-11-9(5-1)10-6-2-4-8-12(10)13-11/h1-22H;1-8,13H. The summed E-state index contributed by atoms with van der Waals surface area (Å²) >= 11 is 0. The molecule has 0 unspecified atom stereocenters. The summed E-state index contributed by atoms with van der Waals surface area (Å²) in [4.78, 5) is 5.71. The molecule has 0 saturated heterocycles. The number of nitrogens with one attached hydrogen (secondary N) is 1. The van der Waals surface area contributed by atoms with Crippen molar-refractivity contribution in [1.29, 1.82) is 0 Å². The predicted octanol–water partition coefficient (Wildman–Crippen LogP) is 11.6. The van der Waals surface area contributed by atoms with Crippen LogP contribution >= 0.6 is 0 Å². The lowest BCUT2D eigenvalue weighted by atomic mass is 10.1. The monoisotopic (exact) mass is 577 g/mol. The van der Waals surface area contributed by atoms with Gasteiger partial charge in [-0.05, 0) is 60.7 Å². The van der Waals surface area contributed by atoms with Gasteiger partial charge in [-0.3, -0.25) is 0 Å². The van der Waals surface area contributed by atoms with Gasteiger partial charge in [0.15, 0.2) is 0 Å². The third-order valence-corrected chi connectivity index (χ3v) is 8.39. The van der Waals surface area contributed by atoms with Gasteiger partial charge in [0.2, 0.25) is 0 Å². The molecule has 1 N–H and O–H groups in total. The second-order valence-corrected chi connectivity index (χ2v) is 11.1. The van der Waals surface area contributed by atoms with Crippen LogP contribution in [0.1, 0.15) is 0 Å². The van der Waals surface area contributed by atoms with Gasteiger partial charge < -0.3 is 14.5 Å². The van der Waals surface area contributed by atoms with E-state index in [1.165, 1.54) is 43.6 Å². The average Bonchev–Trinajstić information content (AvgIpc) is 3.66. The fraction of sp³-hybridized carbons (Fsp3) is 0. The molecule has 45 heavy (non-hydrogen) atoms. The smallest absolute Gasteiger partial charge is 0.0702 e. The van der Waals surface area contributed by atoms with Gasteiger partial charge in [-0.25, -0.2) is 0 Å². The van der Waals surface area contributed by atoms with Crippen molar-refractivity contribution in [3.63, 3.8) is 0 Å². The summed E-state index contributed by atoms with van der Waals surface area (Å²) in [5, 5.41) is 5.14. The molecule has 214 valence electrons. The van der Waals surface area contributed by atoms with Crippen molar-refractivity contribution >= 4 is 60.7 Å². The Balaban J connectivity index is 0.000000192. The number of fused-ring (bicyclic) bond motifs is 6. The largest absolute Gasteiger partial charge is 0.355 e. The van der Waals surface area contributed by atoms with Gasteiger partial charge in [0.1, 0.15) is 0 Å². The lowest BCUT2D eigenvalue weighted by molar-refractivity contribution is 1.15. The van der Waals surface area contributed by atoms with Crippen LogP contribution in [0.3, 0.4) is 0 Å². The molecule has 0 fully saturated rings. The third-order valence-electron chi connectivity index (χ3n) is 8.39. The van der Waals surface area contributed by atoms with Crippen LogP contribution in [0, 0.1) is 0 Å². The average molecular weight is 578 g/mol. The van der Waals surface area contributed by atoms with Gasteiger partial charge in [-0.15, -0.1) is 0 Å². The van der Waals surface area contributed by atoms with Crippen LogP contribution in [0.2, 0.25) is 0 Å². The van der Waals surface area contributed by atoms with Crippen LogP contribution in [0.15, 0.2) is 182 Å². The number of nitrogens with zero attached hydrogens (tertiary/aromatic N) is 2. The highest BCUT2D eigenvalue weighted by Gasteiger charge is 2.19. The minimum Gasteiger partial charge on any atom is -0.355 e. The summed E-state index contributed by atoms with van der Waals surface area (Å²) in [5.74, 6) is 0. The first-order chi connectivity index (χ1) is 22.4. The fourth-order valence-corrected chi connectivity index (χ4v) is 6.40. The van der Waals surface area contributed by atoms with Crippen LogP contribution in [0.4, 0.5) is 17.1 Å². The number of hydrogen-bond donors (Lipinski definition) is 1. The highest BCUT2D eigenvalue weighted by Crippen LogP contribution is 2.41. The summed E-state index contributed by atoms with van der Waals surface area (Å²) in [6, 6.07) is 63.9. The minimum absolute atomic E-state index is 1.13. The maximum absolute atomic E-state index is 3.38. The molecule has 7 aromatic carbocycles. The van der Waals surface area contributed by atoms with Crippen molar-refractivity contribution in [2.45, 2.75) is 0 Å². The second kappa shape index (κ2) is 11.6. The van der Waals surface area contributed by atoms with Crippen molar-refractivity contribution in [1.82, 2.24) is 9.55 Å². The Kier molecular flexibility index (Phi) is 6.82. The van der Waals surface area contributed by atoms with E-state index in [-0.39, 0.29) is 0 Å². The highest BCUT2D eigenvalue weighted by molar-refractivity contribution is 6.10. The van der Waals surface area contributed by atoms with Gasteiger partial charge >= 0.3 is 0 Å². The Morgan fingerprint density at radius 1 is 0.356 bits per heavy atom. The first-order valence-electron chi connectivity index (χ1n) is 15.3. The summed E-state index contributed by atoms with van der Waals surface area (Å²) in [6.45, 7) is 0. The molecule has 2 heterocycles. The van der Waals surface area contributed by atoms with Crippen molar-refractivity contribution < 1.29 is 0 Å². The first-order valence-corrected chi connectivity index (χ1v) is 15.3. The highest BCUT2D eigenvalue weighted by atomic mass is 15.2. The Morgan fingerprint density at radius 2 is 0.756 bits per heavy atom. The maximum atomic E-state index is 3.38. The first kappa shape index (κ1) is 26.6. The van der Waals surface area contributed by atoms with Crippen molar-refractivity contribution in [2.75, 3.05) is 4.90 Å². The zero-order valence-corrected chi connectivity index (χ0v) is 24.7. The van der Waals surface area contributed by atoms with Crippen molar-refractivity contribution in [3.05, 3.63) is 182 Å². The van der Waals surface area contributed by atoms with E-state index in [0.717, 1.165) is 22.7 Å². The zero-order chi connectivity index (χ0) is 30.0. The topological polar surface area (TPSA) is 24.0 Å². The van der Waals surface area contributed by atoms with Gasteiger partial charge in [0.05, 0.1) is 22.4 Å². The molecular weight excluding hydrogens is 546 g/mol. The van der Waals surface area contributed by atoms with E-state index < -0.39 is 0 Å². The molecule has 0 spiro atoms. The number of para-hydroxylation sites is 8. The summed E-state index contributed by atoms with van der Waals surface area (Å²) in [5.41, 5.74) is 9.39. The van der Waals surface area contributed by atoms with Crippen LogP contribution in [-0.2, 0) is 0 Å². The van der Waals surface area contributed by atoms with E-state index in [2.05, 4.69) is 196 Å². The number of H-pyrrole nitrogens is 1. The number of rotatable bonds is 4. The van der Waals surface area contributed by atoms with E-state index in [1.807, 2.05) is 0 Å². The molecule has 0 bridgehead atoms. The van der Waals surface area contributed by atoms with E-state index in [0.29, 0.717) is 0 Å². The molecule has 3 heteroatoms. The van der Waals surface area contributed by atoms with E-state index in [4.69, 9.17) is 0 Å². The molecule has 0 aliphatic heterocycles. The number of aromatic nitrogens is 2. The van der Waals surface area contributed by atoms with E-state index in [9.17, 15) is 0 Å². The molecule has 3 nitrogen and oxygen atoms in total. The number of anilines is 3. The lowest BCUT2D eigenvalue weighted by Gasteiger charge is -2.28. The molecule has 2 aromatic heterocycles. The molecular formula is C42H31N3. The van der Waals surface area contributed by atoms with Gasteiger partial charge in [0.25, 0.3) is 0 Å². The summed E-state index contributed by atoms with van der Waals surface area (Å²) in [6.07, 6.45) is 0. The third kappa shape index (κ3) is 4.81. The maximum Gasteiger partial charge on any atom is 0.0702 e. The van der Waals surface area contributed by atoms with E-state index >= 15 is 0 Å². The minimum atomic E-state index is 1.13. The lowest BCUT2D eigenvalue weighted by Crippen LogP contribution is -2.12. The zero-order valence-electron chi connectivity index (χ0n) is 24.7. The van der Waals surface area contributed by atoms with Gasteiger partial charge in [0, 0.05) is 44.0 Å². The number of benzene rings is 7. The van der Waals surface area contributed by atoms with Crippen LogP contribution in [0.5, 0.6) is 0 Å². The Labute approximate surface area is 262 Å². The molecule has 0 saturated carbocycles.